The van der Waals surface area contributed by atoms with Crippen LogP contribution in [0.15, 0.2) is 206 Å². The zero-order valence-electron chi connectivity index (χ0n) is 40.6. The van der Waals surface area contributed by atoms with Crippen LogP contribution in [-0.4, -0.2) is 25.7 Å². The molecule has 4 aromatic heterocycles. The molecule has 73 heavy (non-hydrogen) atoms. The second kappa shape index (κ2) is 17.1. The number of aromatic nitrogens is 4. The van der Waals surface area contributed by atoms with Crippen molar-refractivity contribution in [3.05, 3.63) is 231 Å². The minimum atomic E-state index is -0.321. The Morgan fingerprint density at radius 2 is 0.932 bits per heavy atom. The third-order valence-electron chi connectivity index (χ3n) is 14.5. The molecule has 0 bridgehead atoms. The Morgan fingerprint density at radius 3 is 1.49 bits per heavy atom. The van der Waals surface area contributed by atoms with Gasteiger partial charge in [-0.15, -0.1) is 41.4 Å². The first-order valence-corrected chi connectivity index (χ1v) is 24.5. The molecular formula is C65H47N6OPt-3. The Hall–Kier alpha value is -8.38. The molecule has 0 atom stereocenters. The summed E-state index contributed by atoms with van der Waals surface area (Å²) in [5, 5.41) is 7.04. The Kier molecular flexibility index (Phi) is 10.5. The summed E-state index contributed by atoms with van der Waals surface area (Å²) in [7, 11) is 2.06. The molecule has 9 aromatic carbocycles. The van der Waals surface area contributed by atoms with E-state index in [4.69, 9.17) is 9.72 Å². The quantitative estimate of drug-likeness (QED) is 0.149. The number of benzene rings is 9. The van der Waals surface area contributed by atoms with E-state index in [-0.39, 0.29) is 26.5 Å². The van der Waals surface area contributed by atoms with Gasteiger partial charge in [0.05, 0.1) is 33.4 Å². The maximum atomic E-state index is 6.66. The van der Waals surface area contributed by atoms with Crippen molar-refractivity contribution in [2.75, 3.05) is 16.8 Å². The van der Waals surface area contributed by atoms with Gasteiger partial charge in [-0.2, -0.15) is 18.8 Å². The zero-order valence-corrected chi connectivity index (χ0v) is 42.9. The number of fused-ring (bicyclic) bond motifs is 10. The maximum absolute atomic E-state index is 6.66. The number of hydrogen-bond donors (Lipinski definition) is 0. The standard InChI is InChI=1S/C65H47N6O.Pt/c1-65(2,3)52-39-63(71-57-30-14-9-25-49(57)50-36-35-44(38-62(50)71)72-43-20-17-19-42(37-43)68-41-67(4)58-31-15-16-32-59(58)68)66-40-51(52)64-60(69-53-26-10-5-21-45(53)46-22-6-11-27-54(46)69)33-18-34-61(64)70-55-28-12-7-23-47(55)48-24-8-13-29-56(48)70;/h5-36,39-41H,1-4H3;/q-3;. The van der Waals surface area contributed by atoms with Crippen LogP contribution < -0.4 is 14.5 Å². The SMILES string of the molecule is CN1[CH-]N(c2[c-]c(Oc3[c-]c4c(cc3)c3ccccc3n4-c3cc(C(C)(C)C)c(-c4c(-n5c6ccccc6c6ccccc65)cccc4-n4c5ccccc5c5ccccc54)cn3)ccc2)c2ccccc21.[Pt]. The molecule has 0 amide bonds. The normalized spacial score (nSPS) is 12.7. The van der Waals surface area contributed by atoms with Crippen LogP contribution in [-0.2, 0) is 26.5 Å². The Morgan fingerprint density at radius 1 is 0.466 bits per heavy atom. The monoisotopic (exact) mass is 1120 g/mol. The molecule has 14 rings (SSSR count). The molecule has 0 aliphatic carbocycles. The third kappa shape index (κ3) is 7.01. The van der Waals surface area contributed by atoms with Crippen molar-refractivity contribution in [2.24, 2.45) is 0 Å². The number of para-hydroxylation sites is 7. The third-order valence-corrected chi connectivity index (χ3v) is 14.5. The van der Waals surface area contributed by atoms with Crippen molar-refractivity contribution in [3.63, 3.8) is 0 Å². The van der Waals surface area contributed by atoms with Crippen LogP contribution >= 0.6 is 0 Å². The van der Waals surface area contributed by atoms with Gasteiger partial charge in [0, 0.05) is 88.3 Å². The molecule has 13 aromatic rings. The van der Waals surface area contributed by atoms with Crippen molar-refractivity contribution in [2.45, 2.75) is 26.2 Å². The van der Waals surface area contributed by atoms with Crippen LogP contribution in [0.1, 0.15) is 26.3 Å². The molecule has 1 aliphatic heterocycles. The van der Waals surface area contributed by atoms with E-state index in [0.717, 1.165) is 89.3 Å². The summed E-state index contributed by atoms with van der Waals surface area (Å²) in [5.41, 5.74) is 14.8. The average Bonchev–Trinajstić information content (AvgIpc) is 4.14. The van der Waals surface area contributed by atoms with Gasteiger partial charge in [0.15, 0.2) is 0 Å². The fraction of sp³-hybridized carbons (Fsp3) is 0.0769. The van der Waals surface area contributed by atoms with Crippen LogP contribution in [0.3, 0.4) is 0 Å². The Labute approximate surface area is 438 Å². The second-order valence-corrected chi connectivity index (χ2v) is 19.8. The largest absolute Gasteiger partial charge is 0.509 e. The summed E-state index contributed by atoms with van der Waals surface area (Å²) in [6.07, 6.45) is 2.12. The van der Waals surface area contributed by atoms with Gasteiger partial charge in [-0.3, -0.25) is 0 Å². The minimum absolute atomic E-state index is 0. The van der Waals surface area contributed by atoms with E-state index < -0.39 is 0 Å². The molecular weight excluding hydrogens is 1080 g/mol. The first kappa shape index (κ1) is 44.6. The molecule has 5 heterocycles. The molecule has 0 radical (unpaired) electrons. The topological polar surface area (TPSA) is 43.4 Å². The fourth-order valence-corrected chi connectivity index (χ4v) is 11.3. The van der Waals surface area contributed by atoms with Gasteiger partial charge in [-0.05, 0) is 84.1 Å². The van der Waals surface area contributed by atoms with Crippen LogP contribution in [0.2, 0.25) is 0 Å². The number of pyridine rings is 1. The summed E-state index contributed by atoms with van der Waals surface area (Å²) < 4.78 is 13.8. The van der Waals surface area contributed by atoms with E-state index in [1.54, 1.807) is 0 Å². The van der Waals surface area contributed by atoms with E-state index >= 15 is 0 Å². The zero-order chi connectivity index (χ0) is 48.2. The molecule has 0 N–H and O–H groups in total. The predicted octanol–water partition coefficient (Wildman–Crippen LogP) is 16.4. The summed E-state index contributed by atoms with van der Waals surface area (Å²) in [4.78, 5) is 9.79. The summed E-state index contributed by atoms with van der Waals surface area (Å²) in [6, 6.07) is 78.5. The maximum Gasteiger partial charge on any atom is 0.135 e. The van der Waals surface area contributed by atoms with Crippen LogP contribution in [0.5, 0.6) is 11.5 Å². The number of nitrogens with zero attached hydrogens (tertiary/aromatic N) is 6. The summed E-state index contributed by atoms with van der Waals surface area (Å²) in [5.74, 6) is 1.99. The molecule has 0 saturated carbocycles. The predicted molar refractivity (Wildman–Crippen MR) is 297 cm³/mol. The van der Waals surface area contributed by atoms with Gasteiger partial charge in [-0.25, -0.2) is 4.98 Å². The van der Waals surface area contributed by atoms with Crippen molar-refractivity contribution in [3.8, 4) is 39.8 Å². The molecule has 0 fully saturated rings. The van der Waals surface area contributed by atoms with Crippen LogP contribution in [0.25, 0.3) is 93.7 Å². The minimum Gasteiger partial charge on any atom is -0.509 e. The molecule has 0 unspecified atom stereocenters. The summed E-state index contributed by atoms with van der Waals surface area (Å²) in [6.45, 7) is 9.01. The van der Waals surface area contributed by atoms with Gasteiger partial charge in [-0.1, -0.05) is 135 Å². The summed E-state index contributed by atoms with van der Waals surface area (Å²) >= 11 is 0. The van der Waals surface area contributed by atoms with Gasteiger partial charge in [0.1, 0.15) is 5.82 Å². The van der Waals surface area contributed by atoms with Crippen molar-refractivity contribution in [1.82, 2.24) is 18.7 Å². The molecule has 1 aliphatic rings. The first-order valence-electron chi connectivity index (χ1n) is 24.5. The van der Waals surface area contributed by atoms with Crippen molar-refractivity contribution >= 4 is 82.5 Å². The number of ether oxygens (including phenoxy) is 1. The Balaban J connectivity index is 0.00000516. The van der Waals surface area contributed by atoms with Gasteiger partial charge >= 0.3 is 0 Å². The molecule has 0 saturated heterocycles. The molecule has 356 valence electrons. The van der Waals surface area contributed by atoms with E-state index in [0.29, 0.717) is 11.5 Å². The number of hydrogen-bond acceptors (Lipinski definition) is 4. The molecule has 8 heteroatoms. The van der Waals surface area contributed by atoms with E-state index in [2.05, 4.69) is 258 Å². The average molecular weight is 1120 g/mol. The van der Waals surface area contributed by atoms with E-state index in [9.17, 15) is 0 Å². The Bertz CT molecular complexity index is 4090. The molecule has 7 nitrogen and oxygen atoms in total. The number of rotatable bonds is 7. The van der Waals surface area contributed by atoms with E-state index in [1.807, 2.05) is 18.2 Å². The molecule has 0 spiro atoms. The van der Waals surface area contributed by atoms with E-state index in [1.165, 1.54) is 27.1 Å². The number of anilines is 3. The first-order chi connectivity index (χ1) is 35.3. The van der Waals surface area contributed by atoms with Crippen molar-refractivity contribution in [1.29, 1.82) is 0 Å². The van der Waals surface area contributed by atoms with Crippen molar-refractivity contribution < 1.29 is 25.8 Å². The van der Waals surface area contributed by atoms with Crippen LogP contribution in [0.4, 0.5) is 17.1 Å². The second-order valence-electron chi connectivity index (χ2n) is 19.8. The van der Waals surface area contributed by atoms with Crippen LogP contribution in [0, 0.1) is 18.8 Å². The fourth-order valence-electron chi connectivity index (χ4n) is 11.3. The van der Waals surface area contributed by atoms with Gasteiger partial charge < -0.3 is 28.2 Å². The smallest absolute Gasteiger partial charge is 0.135 e. The van der Waals surface area contributed by atoms with Gasteiger partial charge in [0.2, 0.25) is 0 Å². The van der Waals surface area contributed by atoms with Gasteiger partial charge in [0.25, 0.3) is 0 Å².